The van der Waals surface area contributed by atoms with Gasteiger partial charge in [-0.1, -0.05) is 63.3 Å². The highest BCUT2D eigenvalue weighted by atomic mass is 16.5. The number of carboxylic acids is 1. The first-order chi connectivity index (χ1) is 14.2. The molecule has 0 heterocycles. The van der Waals surface area contributed by atoms with Gasteiger partial charge in [0.1, 0.15) is 13.2 Å². The number of esters is 1. The Kier molecular flexibility index (Phi) is 22.5. The van der Waals surface area contributed by atoms with E-state index in [1.54, 1.807) is 0 Å². The molecule has 0 fully saturated rings. The number of likely N-dealkylation sites (N-methyl/N-ethyl adjacent to an activating group) is 1. The van der Waals surface area contributed by atoms with E-state index in [1.165, 1.54) is 51.9 Å². The first-order valence-corrected chi connectivity index (χ1v) is 11.6. The van der Waals surface area contributed by atoms with Gasteiger partial charge in [-0.25, -0.2) is 0 Å². The van der Waals surface area contributed by atoms with Crippen molar-refractivity contribution in [3.8, 4) is 0 Å². The van der Waals surface area contributed by atoms with Gasteiger partial charge in [-0.05, 0) is 38.5 Å². The molecule has 0 aromatic heterocycles. The highest BCUT2D eigenvalue weighted by molar-refractivity contribution is 5.66. The van der Waals surface area contributed by atoms with E-state index in [2.05, 4.69) is 52.4 Å². The van der Waals surface area contributed by atoms with Crippen LogP contribution in [0.25, 0.3) is 0 Å². The number of hydrogen-bond donors (Lipinski definition) is 1. The third-order valence-electron chi connectivity index (χ3n) is 4.41. The third-order valence-corrected chi connectivity index (χ3v) is 4.41. The lowest BCUT2D eigenvalue weighted by atomic mass is 10.1. The van der Waals surface area contributed by atoms with Crippen LogP contribution in [0, 0.1) is 0 Å². The van der Waals surface area contributed by atoms with Crippen molar-refractivity contribution in [3.63, 3.8) is 0 Å². The number of carboxylic acid groups (broad SMARTS) is 1. The SMILES string of the molecule is CC(=O)OCC[N+](C)(C)C.CCCCC/C=C\C/C=C\CCCCCCCC(=O)O. The van der Waals surface area contributed by atoms with Crippen LogP contribution in [0.15, 0.2) is 24.3 Å². The molecular formula is C25H48NO4+. The third kappa shape index (κ3) is 33.9. The average Bonchev–Trinajstić information content (AvgIpc) is 2.64. The van der Waals surface area contributed by atoms with Gasteiger partial charge < -0.3 is 14.3 Å². The molecule has 0 aromatic carbocycles. The minimum atomic E-state index is -0.671. The molecule has 0 rings (SSSR count). The highest BCUT2D eigenvalue weighted by Gasteiger charge is 2.06. The zero-order valence-electron chi connectivity index (χ0n) is 20.3. The van der Waals surface area contributed by atoms with E-state index < -0.39 is 5.97 Å². The Morgan fingerprint density at radius 3 is 1.87 bits per heavy atom. The number of nitrogens with zero attached hydrogens (tertiary/aromatic N) is 1. The molecule has 0 aromatic rings. The number of quaternary nitrogens is 1. The average molecular weight is 427 g/mol. The van der Waals surface area contributed by atoms with Gasteiger partial charge >= 0.3 is 11.9 Å². The molecule has 0 spiro atoms. The molecule has 0 aliphatic rings. The monoisotopic (exact) mass is 426 g/mol. The van der Waals surface area contributed by atoms with Crippen molar-refractivity contribution in [2.45, 2.75) is 90.9 Å². The second-order valence-electron chi connectivity index (χ2n) is 8.73. The van der Waals surface area contributed by atoms with E-state index in [1.807, 2.05) is 0 Å². The Balaban J connectivity index is 0. The molecule has 0 amide bonds. The van der Waals surface area contributed by atoms with Gasteiger partial charge in [-0.3, -0.25) is 9.59 Å². The number of hydrogen-bond acceptors (Lipinski definition) is 3. The Labute approximate surface area is 185 Å². The second kappa shape index (κ2) is 22.1. The molecule has 0 aliphatic carbocycles. The lowest BCUT2D eigenvalue weighted by Crippen LogP contribution is -2.37. The van der Waals surface area contributed by atoms with Crippen molar-refractivity contribution in [3.05, 3.63) is 24.3 Å². The maximum absolute atomic E-state index is 10.3. The fraction of sp³-hybridized carbons (Fsp3) is 0.760. The van der Waals surface area contributed by atoms with E-state index in [9.17, 15) is 9.59 Å². The predicted octanol–water partition coefficient (Wildman–Crippen LogP) is 6.14. The number of carbonyl (C=O) groups excluding carboxylic acids is 1. The number of unbranched alkanes of at least 4 members (excludes halogenated alkanes) is 8. The highest BCUT2D eigenvalue weighted by Crippen LogP contribution is 2.08. The van der Waals surface area contributed by atoms with Gasteiger partial charge in [-0.2, -0.15) is 0 Å². The predicted molar refractivity (Wildman–Crippen MR) is 127 cm³/mol. The summed E-state index contributed by atoms with van der Waals surface area (Å²) in [6, 6.07) is 0. The standard InChI is InChI=1S/C18H32O2.C7H16NO2/c1-2-3-4-5-6-7-8-9-10-11-12-13-14-15-16-17-18(19)20;1-7(9)10-6-5-8(2,3)4/h6-7,9-10H,2-5,8,11-17H2,1H3,(H,19,20);5-6H2,1-4H3/q;+1/b7-6-,10-9-;. The molecule has 5 nitrogen and oxygen atoms in total. The van der Waals surface area contributed by atoms with Crippen LogP contribution in [0.2, 0.25) is 0 Å². The van der Waals surface area contributed by atoms with Gasteiger partial charge in [0.05, 0.1) is 21.1 Å². The summed E-state index contributed by atoms with van der Waals surface area (Å²) >= 11 is 0. The van der Waals surface area contributed by atoms with Gasteiger partial charge in [0, 0.05) is 13.3 Å². The summed E-state index contributed by atoms with van der Waals surface area (Å²) in [6.07, 6.45) is 22.3. The molecule has 1 N–H and O–H groups in total. The number of ether oxygens (including phenoxy) is 1. The summed E-state index contributed by atoms with van der Waals surface area (Å²) in [6.45, 7) is 5.03. The van der Waals surface area contributed by atoms with Gasteiger partial charge in [0.25, 0.3) is 0 Å². The zero-order chi connectivity index (χ0) is 23.1. The van der Waals surface area contributed by atoms with Gasteiger partial charge in [0.15, 0.2) is 0 Å². The number of aliphatic carboxylic acids is 1. The lowest BCUT2D eigenvalue weighted by molar-refractivity contribution is -0.870. The zero-order valence-corrected chi connectivity index (χ0v) is 20.3. The van der Waals surface area contributed by atoms with E-state index in [4.69, 9.17) is 9.84 Å². The normalized spacial score (nSPS) is 11.5. The largest absolute Gasteiger partial charge is 0.481 e. The van der Waals surface area contributed by atoms with Crippen molar-refractivity contribution >= 4 is 11.9 Å². The van der Waals surface area contributed by atoms with E-state index in [0.717, 1.165) is 36.7 Å². The van der Waals surface area contributed by atoms with Crippen molar-refractivity contribution < 1.29 is 23.9 Å². The number of allylic oxidation sites excluding steroid dienone is 4. The van der Waals surface area contributed by atoms with Crippen molar-refractivity contribution in [2.24, 2.45) is 0 Å². The van der Waals surface area contributed by atoms with Crippen LogP contribution in [0.4, 0.5) is 0 Å². The minimum absolute atomic E-state index is 0.201. The van der Waals surface area contributed by atoms with Gasteiger partial charge in [-0.15, -0.1) is 0 Å². The van der Waals surface area contributed by atoms with E-state index >= 15 is 0 Å². The molecule has 0 saturated carbocycles. The summed E-state index contributed by atoms with van der Waals surface area (Å²) < 4.78 is 5.59. The summed E-state index contributed by atoms with van der Waals surface area (Å²) in [7, 11) is 6.18. The molecule has 0 atom stereocenters. The molecule has 0 radical (unpaired) electrons. The Hall–Kier alpha value is -1.62. The number of rotatable bonds is 17. The molecule has 0 unspecified atom stereocenters. The molecule has 5 heteroatoms. The summed E-state index contributed by atoms with van der Waals surface area (Å²) in [5, 5.41) is 8.50. The van der Waals surface area contributed by atoms with Crippen molar-refractivity contribution in [2.75, 3.05) is 34.3 Å². The summed E-state index contributed by atoms with van der Waals surface area (Å²) in [5.41, 5.74) is 0. The quantitative estimate of drug-likeness (QED) is 0.131. The topological polar surface area (TPSA) is 63.6 Å². The lowest BCUT2D eigenvalue weighted by Gasteiger charge is -2.23. The first kappa shape index (κ1) is 30.6. The van der Waals surface area contributed by atoms with Crippen LogP contribution >= 0.6 is 0 Å². The Morgan fingerprint density at radius 1 is 0.833 bits per heavy atom. The van der Waals surface area contributed by atoms with Crippen molar-refractivity contribution in [1.29, 1.82) is 0 Å². The molecule has 30 heavy (non-hydrogen) atoms. The van der Waals surface area contributed by atoms with Crippen LogP contribution in [-0.2, 0) is 14.3 Å². The smallest absolute Gasteiger partial charge is 0.303 e. The molecular weight excluding hydrogens is 378 g/mol. The van der Waals surface area contributed by atoms with Crippen LogP contribution in [0.5, 0.6) is 0 Å². The molecule has 0 bridgehead atoms. The fourth-order valence-electron chi connectivity index (χ4n) is 2.55. The second-order valence-corrected chi connectivity index (χ2v) is 8.73. The van der Waals surface area contributed by atoms with Gasteiger partial charge in [0.2, 0.25) is 0 Å². The molecule has 0 aliphatic heterocycles. The Bertz CT molecular complexity index is 464. The summed E-state index contributed by atoms with van der Waals surface area (Å²) in [4.78, 5) is 20.6. The molecule has 176 valence electrons. The van der Waals surface area contributed by atoms with Crippen LogP contribution < -0.4 is 0 Å². The van der Waals surface area contributed by atoms with E-state index in [0.29, 0.717) is 13.0 Å². The summed E-state index contributed by atoms with van der Waals surface area (Å²) in [5.74, 6) is -0.871. The van der Waals surface area contributed by atoms with Crippen LogP contribution in [0.3, 0.4) is 0 Å². The van der Waals surface area contributed by atoms with Crippen LogP contribution in [-0.4, -0.2) is 55.8 Å². The van der Waals surface area contributed by atoms with Crippen LogP contribution in [0.1, 0.15) is 90.9 Å². The van der Waals surface area contributed by atoms with E-state index in [-0.39, 0.29) is 5.97 Å². The maximum Gasteiger partial charge on any atom is 0.303 e. The Morgan fingerprint density at radius 2 is 1.37 bits per heavy atom. The number of carbonyl (C=O) groups is 2. The fourth-order valence-corrected chi connectivity index (χ4v) is 2.55. The molecule has 0 saturated heterocycles. The first-order valence-electron chi connectivity index (χ1n) is 11.6. The van der Waals surface area contributed by atoms with Crippen molar-refractivity contribution in [1.82, 2.24) is 0 Å². The maximum atomic E-state index is 10.3. The minimum Gasteiger partial charge on any atom is -0.481 e.